The van der Waals surface area contributed by atoms with Crippen LogP contribution in [-0.4, -0.2) is 9.55 Å². The Balaban J connectivity index is 1.09. The number of fused-ring (bicyclic) bond motifs is 6. The van der Waals surface area contributed by atoms with E-state index in [2.05, 4.69) is 198 Å². The second-order valence-electron chi connectivity index (χ2n) is 14.5. The van der Waals surface area contributed by atoms with Gasteiger partial charge in [-0.2, -0.15) is 0 Å². The highest BCUT2D eigenvalue weighted by Gasteiger charge is 2.35. The van der Waals surface area contributed by atoms with Gasteiger partial charge in [-0.1, -0.05) is 123 Å². The van der Waals surface area contributed by atoms with Crippen LogP contribution in [0, 0.1) is 0 Å². The Morgan fingerprint density at radius 3 is 2.04 bits per heavy atom. The molecule has 0 spiro atoms. The van der Waals surface area contributed by atoms with Gasteiger partial charge in [0.25, 0.3) is 0 Å². The van der Waals surface area contributed by atoms with Gasteiger partial charge in [0.05, 0.1) is 28.6 Å². The smallest absolute Gasteiger partial charge is 0.0645 e. The fourth-order valence-corrected chi connectivity index (χ4v) is 8.53. The maximum absolute atomic E-state index is 4.47. The highest BCUT2D eigenvalue weighted by molar-refractivity contribution is 6.10. The molecule has 0 bridgehead atoms. The molecule has 1 aliphatic carbocycles. The third-order valence-corrected chi connectivity index (χ3v) is 11.1. The summed E-state index contributed by atoms with van der Waals surface area (Å²) in [7, 11) is 0. The van der Waals surface area contributed by atoms with Gasteiger partial charge < -0.3 is 9.47 Å². The number of nitrogens with zero attached hydrogens (tertiary/aromatic N) is 3. The average molecular weight is 680 g/mol. The van der Waals surface area contributed by atoms with Gasteiger partial charge in [-0.15, -0.1) is 0 Å². The summed E-state index contributed by atoms with van der Waals surface area (Å²) in [5.74, 6) is 0. The molecular formula is C50H37N3. The minimum atomic E-state index is -0.0619. The predicted molar refractivity (Wildman–Crippen MR) is 222 cm³/mol. The standard InChI is InChI=1S/C50H37N3/c1-50(2)45-22-9-6-20-41(45)42-27-26-38(32-46(42)50)53-48-24-11-8-21-43(48)44-31-35(25-28-49(44)53)34-14-12-15-36(30-34)40-19-7-10-23-47(40)52(37-16-4-3-5-17-37)39-18-13-29-51-33-39/h3-33H,1-2H3. The van der Waals surface area contributed by atoms with Gasteiger partial charge in [0.1, 0.15) is 0 Å². The number of hydrogen-bond acceptors (Lipinski definition) is 2. The lowest BCUT2D eigenvalue weighted by Gasteiger charge is -2.27. The Kier molecular flexibility index (Phi) is 7.16. The van der Waals surface area contributed by atoms with Crippen molar-refractivity contribution in [2.75, 3.05) is 4.90 Å². The van der Waals surface area contributed by atoms with Crippen LogP contribution >= 0.6 is 0 Å². The largest absolute Gasteiger partial charge is 0.309 e. The molecule has 0 saturated heterocycles. The summed E-state index contributed by atoms with van der Waals surface area (Å²) in [6.07, 6.45) is 3.75. The zero-order valence-corrected chi connectivity index (χ0v) is 29.7. The first-order valence-electron chi connectivity index (χ1n) is 18.3. The van der Waals surface area contributed by atoms with Crippen LogP contribution in [0.2, 0.25) is 0 Å². The fourth-order valence-electron chi connectivity index (χ4n) is 8.53. The first-order chi connectivity index (χ1) is 26.1. The highest BCUT2D eigenvalue weighted by Crippen LogP contribution is 2.49. The molecule has 10 rings (SSSR count). The third kappa shape index (κ3) is 5.00. The van der Waals surface area contributed by atoms with Gasteiger partial charge >= 0.3 is 0 Å². The van der Waals surface area contributed by atoms with Gasteiger partial charge in [0.15, 0.2) is 0 Å². The van der Waals surface area contributed by atoms with Gasteiger partial charge in [0.2, 0.25) is 0 Å². The van der Waals surface area contributed by atoms with Crippen molar-refractivity contribution >= 4 is 38.9 Å². The number of rotatable bonds is 6. The van der Waals surface area contributed by atoms with Crippen molar-refractivity contribution in [3.63, 3.8) is 0 Å². The van der Waals surface area contributed by atoms with Crippen LogP contribution in [0.1, 0.15) is 25.0 Å². The molecule has 0 fully saturated rings. The van der Waals surface area contributed by atoms with Crippen LogP contribution in [0.15, 0.2) is 188 Å². The van der Waals surface area contributed by atoms with Crippen LogP contribution in [0.25, 0.3) is 60.9 Å². The summed E-state index contributed by atoms with van der Waals surface area (Å²) in [4.78, 5) is 6.75. The first-order valence-corrected chi connectivity index (χ1v) is 18.3. The monoisotopic (exact) mass is 679 g/mol. The number of anilines is 3. The molecule has 0 atom stereocenters. The molecular weight excluding hydrogens is 643 g/mol. The molecule has 0 aliphatic heterocycles. The summed E-state index contributed by atoms with van der Waals surface area (Å²) in [5, 5.41) is 2.50. The van der Waals surface area contributed by atoms with Gasteiger partial charge in [0, 0.05) is 39.3 Å². The summed E-state index contributed by atoms with van der Waals surface area (Å²) < 4.78 is 2.44. The summed E-state index contributed by atoms with van der Waals surface area (Å²) >= 11 is 0. The molecule has 1 aliphatic rings. The topological polar surface area (TPSA) is 21.1 Å². The molecule has 2 heterocycles. The SMILES string of the molecule is CC1(C)c2ccccc2-c2ccc(-n3c4ccccc4c4cc(-c5cccc(-c6ccccc6N(c6ccccc6)c6cccnc6)c5)ccc43)cc21. The van der Waals surface area contributed by atoms with E-state index in [1.165, 1.54) is 60.9 Å². The van der Waals surface area contributed by atoms with E-state index >= 15 is 0 Å². The van der Waals surface area contributed by atoms with E-state index in [0.717, 1.165) is 28.2 Å². The maximum Gasteiger partial charge on any atom is 0.0645 e. The van der Waals surface area contributed by atoms with Crippen molar-refractivity contribution < 1.29 is 0 Å². The molecule has 53 heavy (non-hydrogen) atoms. The van der Waals surface area contributed by atoms with Crippen molar-refractivity contribution in [2.45, 2.75) is 19.3 Å². The van der Waals surface area contributed by atoms with Crippen molar-refractivity contribution in [1.82, 2.24) is 9.55 Å². The molecule has 9 aromatic rings. The molecule has 0 amide bonds. The first kappa shape index (κ1) is 31.1. The zero-order valence-electron chi connectivity index (χ0n) is 29.7. The molecule has 0 saturated carbocycles. The second kappa shape index (κ2) is 12.2. The van der Waals surface area contributed by atoms with Crippen LogP contribution in [0.3, 0.4) is 0 Å². The van der Waals surface area contributed by atoms with E-state index in [0.29, 0.717) is 0 Å². The van der Waals surface area contributed by atoms with Crippen molar-refractivity contribution in [2.24, 2.45) is 0 Å². The number of para-hydroxylation sites is 3. The number of hydrogen-bond donors (Lipinski definition) is 0. The molecule has 3 heteroatoms. The van der Waals surface area contributed by atoms with E-state index in [-0.39, 0.29) is 5.41 Å². The summed E-state index contributed by atoms with van der Waals surface area (Å²) in [6.45, 7) is 4.70. The predicted octanol–water partition coefficient (Wildman–Crippen LogP) is 13.3. The van der Waals surface area contributed by atoms with Crippen LogP contribution in [0.4, 0.5) is 17.1 Å². The maximum atomic E-state index is 4.47. The van der Waals surface area contributed by atoms with E-state index in [1.54, 1.807) is 0 Å². The molecule has 2 aromatic heterocycles. The fraction of sp³-hybridized carbons (Fsp3) is 0.0600. The minimum Gasteiger partial charge on any atom is -0.309 e. The Morgan fingerprint density at radius 1 is 0.472 bits per heavy atom. The zero-order chi connectivity index (χ0) is 35.5. The van der Waals surface area contributed by atoms with Crippen molar-refractivity contribution in [3.8, 4) is 39.1 Å². The third-order valence-electron chi connectivity index (χ3n) is 11.1. The molecule has 0 unspecified atom stereocenters. The molecule has 252 valence electrons. The Labute approximate surface area is 310 Å². The van der Waals surface area contributed by atoms with Gasteiger partial charge in [-0.3, -0.25) is 4.98 Å². The Bertz CT molecular complexity index is 2770. The number of pyridine rings is 1. The minimum absolute atomic E-state index is 0.0619. The van der Waals surface area contributed by atoms with E-state index in [4.69, 9.17) is 0 Å². The van der Waals surface area contributed by atoms with E-state index < -0.39 is 0 Å². The number of aromatic nitrogens is 2. The van der Waals surface area contributed by atoms with Crippen LogP contribution in [0.5, 0.6) is 0 Å². The average Bonchev–Trinajstić information content (AvgIpc) is 3.67. The lowest BCUT2D eigenvalue weighted by molar-refractivity contribution is 0.660. The summed E-state index contributed by atoms with van der Waals surface area (Å²) in [6, 6.07) is 63.9. The van der Waals surface area contributed by atoms with Crippen molar-refractivity contribution in [3.05, 3.63) is 199 Å². The van der Waals surface area contributed by atoms with E-state index in [1.807, 2.05) is 18.5 Å². The molecule has 7 aromatic carbocycles. The Hall–Kier alpha value is -6.71. The van der Waals surface area contributed by atoms with Crippen LogP contribution in [-0.2, 0) is 5.41 Å². The van der Waals surface area contributed by atoms with Crippen molar-refractivity contribution in [1.29, 1.82) is 0 Å². The normalized spacial score (nSPS) is 12.9. The highest BCUT2D eigenvalue weighted by atomic mass is 15.1. The summed E-state index contributed by atoms with van der Waals surface area (Å²) in [5.41, 5.74) is 16.9. The molecule has 0 N–H and O–H groups in total. The van der Waals surface area contributed by atoms with E-state index in [9.17, 15) is 0 Å². The quantitative estimate of drug-likeness (QED) is 0.174. The Morgan fingerprint density at radius 2 is 1.17 bits per heavy atom. The molecule has 0 radical (unpaired) electrons. The lowest BCUT2D eigenvalue weighted by Crippen LogP contribution is -2.15. The lowest BCUT2D eigenvalue weighted by atomic mass is 9.82. The second-order valence-corrected chi connectivity index (χ2v) is 14.5. The van der Waals surface area contributed by atoms with Gasteiger partial charge in [-0.05, 0) is 106 Å². The molecule has 3 nitrogen and oxygen atoms in total. The number of benzene rings is 7. The van der Waals surface area contributed by atoms with Gasteiger partial charge in [-0.25, -0.2) is 0 Å². The van der Waals surface area contributed by atoms with Crippen LogP contribution < -0.4 is 4.90 Å².